The molecule has 0 aliphatic rings. The second-order valence-corrected chi connectivity index (χ2v) is 4.37. The maximum absolute atomic E-state index is 6.33. The van der Waals surface area contributed by atoms with Crippen LogP contribution in [0.4, 0.5) is 0 Å². The zero-order chi connectivity index (χ0) is 13.1. The van der Waals surface area contributed by atoms with Gasteiger partial charge in [-0.15, -0.1) is 5.10 Å². The fraction of sp³-hybridized carbons (Fsp3) is 0.545. The Labute approximate surface area is 111 Å². The molecule has 0 fully saturated rings. The fourth-order valence-corrected chi connectivity index (χ4v) is 2.16. The molecular formula is C11H17ClN6. The van der Waals surface area contributed by atoms with E-state index in [9.17, 15) is 0 Å². The molecule has 6 nitrogen and oxygen atoms in total. The molecular weight excluding hydrogens is 252 g/mol. The van der Waals surface area contributed by atoms with E-state index < -0.39 is 0 Å². The van der Waals surface area contributed by atoms with Gasteiger partial charge in [0.2, 0.25) is 0 Å². The van der Waals surface area contributed by atoms with Crippen molar-refractivity contribution in [3.05, 3.63) is 28.3 Å². The molecule has 2 rings (SSSR count). The maximum atomic E-state index is 6.33. The van der Waals surface area contributed by atoms with Crippen molar-refractivity contribution in [1.82, 2.24) is 24.8 Å². The summed E-state index contributed by atoms with van der Waals surface area (Å²) in [6.45, 7) is 5.82. The molecule has 0 aromatic carbocycles. The highest BCUT2D eigenvalue weighted by atomic mass is 35.5. The van der Waals surface area contributed by atoms with Gasteiger partial charge in [-0.2, -0.15) is 5.10 Å². The quantitative estimate of drug-likeness (QED) is 0.885. The van der Waals surface area contributed by atoms with E-state index in [0.29, 0.717) is 13.1 Å². The minimum absolute atomic E-state index is 0.390. The fourth-order valence-electron chi connectivity index (χ4n) is 1.83. The summed E-state index contributed by atoms with van der Waals surface area (Å²) in [5, 5.41) is 13.2. The molecule has 0 amide bonds. The smallest absolute Gasteiger partial charge is 0.0962 e. The Bertz CT molecular complexity index is 530. The third-order valence-corrected chi connectivity index (χ3v) is 3.24. The average Bonchev–Trinajstić information content (AvgIpc) is 2.96. The number of nitrogens with zero attached hydrogens (tertiary/aromatic N) is 5. The number of rotatable bonds is 5. The topological polar surface area (TPSA) is 74.5 Å². The Hall–Kier alpha value is -1.40. The lowest BCUT2D eigenvalue weighted by atomic mass is 10.3. The molecule has 0 spiro atoms. The minimum Gasteiger partial charge on any atom is -0.325 e. The molecule has 2 aromatic heterocycles. The first-order valence-electron chi connectivity index (χ1n) is 6.02. The Morgan fingerprint density at radius 1 is 1.39 bits per heavy atom. The Kier molecular flexibility index (Phi) is 3.98. The van der Waals surface area contributed by atoms with Gasteiger partial charge in [-0.25, -0.2) is 4.68 Å². The molecule has 98 valence electrons. The molecule has 0 radical (unpaired) electrons. The number of hydrogen-bond donors (Lipinski definition) is 1. The van der Waals surface area contributed by atoms with Gasteiger partial charge < -0.3 is 5.73 Å². The molecule has 0 unspecified atom stereocenters. The van der Waals surface area contributed by atoms with Gasteiger partial charge in [0.1, 0.15) is 0 Å². The molecule has 2 aromatic rings. The second-order valence-electron chi connectivity index (χ2n) is 3.99. The van der Waals surface area contributed by atoms with Crippen LogP contribution in [0, 0.1) is 0 Å². The van der Waals surface area contributed by atoms with Gasteiger partial charge >= 0.3 is 0 Å². The van der Waals surface area contributed by atoms with Crippen LogP contribution in [0.25, 0.3) is 0 Å². The summed E-state index contributed by atoms with van der Waals surface area (Å²) in [6, 6.07) is 0. The van der Waals surface area contributed by atoms with E-state index in [0.717, 1.165) is 35.1 Å². The first kappa shape index (κ1) is 13.0. The zero-order valence-electron chi connectivity index (χ0n) is 10.6. The summed E-state index contributed by atoms with van der Waals surface area (Å²) in [5.41, 5.74) is 8.16. The van der Waals surface area contributed by atoms with Crippen molar-refractivity contribution < 1.29 is 0 Å². The lowest BCUT2D eigenvalue weighted by Gasteiger charge is -2.04. The lowest BCUT2D eigenvalue weighted by molar-refractivity contribution is 0.564. The molecule has 18 heavy (non-hydrogen) atoms. The van der Waals surface area contributed by atoms with Crippen molar-refractivity contribution in [2.75, 3.05) is 0 Å². The van der Waals surface area contributed by atoms with Crippen LogP contribution in [0.5, 0.6) is 0 Å². The van der Waals surface area contributed by atoms with Gasteiger partial charge in [-0.3, -0.25) is 4.68 Å². The standard InChI is InChI=1S/C11H17ClN6/c1-3-9-11(12)10(18(4-2)15-9)7-17-6-8(5-13)14-16-17/h6H,3-5,7,13H2,1-2H3. The molecule has 0 atom stereocenters. The van der Waals surface area contributed by atoms with E-state index in [4.69, 9.17) is 17.3 Å². The van der Waals surface area contributed by atoms with Crippen molar-refractivity contribution in [1.29, 1.82) is 0 Å². The van der Waals surface area contributed by atoms with E-state index in [1.54, 1.807) is 4.68 Å². The summed E-state index contributed by atoms with van der Waals surface area (Å²) in [7, 11) is 0. The number of aromatic nitrogens is 5. The van der Waals surface area contributed by atoms with Gasteiger partial charge in [-0.1, -0.05) is 23.7 Å². The predicted molar refractivity (Wildman–Crippen MR) is 69.3 cm³/mol. The van der Waals surface area contributed by atoms with Crippen molar-refractivity contribution in [2.45, 2.75) is 39.9 Å². The highest BCUT2D eigenvalue weighted by molar-refractivity contribution is 6.31. The van der Waals surface area contributed by atoms with Gasteiger partial charge in [0.15, 0.2) is 0 Å². The van der Waals surface area contributed by atoms with Gasteiger partial charge in [0.05, 0.1) is 34.8 Å². The van der Waals surface area contributed by atoms with Crippen LogP contribution in [0.1, 0.15) is 30.9 Å². The SMILES string of the molecule is CCc1nn(CC)c(Cn2cc(CN)nn2)c1Cl. The van der Waals surface area contributed by atoms with Gasteiger partial charge in [-0.05, 0) is 13.3 Å². The van der Waals surface area contributed by atoms with Crippen LogP contribution in [0.15, 0.2) is 6.20 Å². The molecule has 0 saturated carbocycles. The summed E-state index contributed by atoms with van der Waals surface area (Å²) in [6.07, 6.45) is 2.65. The number of hydrogen-bond acceptors (Lipinski definition) is 4. The first-order chi connectivity index (χ1) is 8.69. The van der Waals surface area contributed by atoms with Crippen molar-refractivity contribution in [3.8, 4) is 0 Å². The van der Waals surface area contributed by atoms with Crippen LogP contribution in [-0.4, -0.2) is 24.8 Å². The van der Waals surface area contributed by atoms with E-state index in [-0.39, 0.29) is 0 Å². The average molecular weight is 269 g/mol. The number of halogens is 1. The van der Waals surface area contributed by atoms with Crippen LogP contribution in [0.3, 0.4) is 0 Å². The van der Waals surface area contributed by atoms with E-state index in [1.807, 2.05) is 24.7 Å². The summed E-state index contributed by atoms with van der Waals surface area (Å²) < 4.78 is 3.64. The van der Waals surface area contributed by atoms with Crippen molar-refractivity contribution in [2.24, 2.45) is 5.73 Å². The minimum atomic E-state index is 0.390. The summed E-state index contributed by atoms with van der Waals surface area (Å²) in [4.78, 5) is 0. The number of nitrogens with two attached hydrogens (primary N) is 1. The van der Waals surface area contributed by atoms with Crippen LogP contribution in [0.2, 0.25) is 5.02 Å². The van der Waals surface area contributed by atoms with Crippen LogP contribution < -0.4 is 5.73 Å². The summed E-state index contributed by atoms with van der Waals surface area (Å²) >= 11 is 6.33. The highest BCUT2D eigenvalue weighted by Crippen LogP contribution is 2.22. The monoisotopic (exact) mass is 268 g/mol. The zero-order valence-corrected chi connectivity index (χ0v) is 11.4. The predicted octanol–water partition coefficient (Wildman–Crippen LogP) is 1.22. The van der Waals surface area contributed by atoms with Crippen molar-refractivity contribution >= 4 is 11.6 Å². The Morgan fingerprint density at radius 3 is 2.72 bits per heavy atom. The normalized spacial score (nSPS) is 11.1. The van der Waals surface area contributed by atoms with Crippen LogP contribution in [-0.2, 0) is 26.1 Å². The van der Waals surface area contributed by atoms with Crippen LogP contribution >= 0.6 is 11.6 Å². The van der Waals surface area contributed by atoms with E-state index in [1.165, 1.54) is 0 Å². The molecule has 2 N–H and O–H groups in total. The van der Waals surface area contributed by atoms with E-state index >= 15 is 0 Å². The van der Waals surface area contributed by atoms with Gasteiger partial charge in [0, 0.05) is 13.1 Å². The van der Waals surface area contributed by atoms with E-state index in [2.05, 4.69) is 15.4 Å². The lowest BCUT2D eigenvalue weighted by Crippen LogP contribution is -2.09. The Balaban J connectivity index is 2.29. The molecule has 0 aliphatic carbocycles. The Morgan fingerprint density at radius 2 is 2.17 bits per heavy atom. The van der Waals surface area contributed by atoms with Crippen molar-refractivity contribution in [3.63, 3.8) is 0 Å². The maximum Gasteiger partial charge on any atom is 0.0962 e. The number of aryl methyl sites for hydroxylation is 2. The summed E-state index contributed by atoms with van der Waals surface area (Å²) in [5.74, 6) is 0. The third-order valence-electron chi connectivity index (χ3n) is 2.80. The highest BCUT2D eigenvalue weighted by Gasteiger charge is 2.15. The molecule has 0 aliphatic heterocycles. The third kappa shape index (κ3) is 2.39. The second kappa shape index (κ2) is 5.49. The molecule has 7 heteroatoms. The molecule has 0 bridgehead atoms. The van der Waals surface area contributed by atoms with Gasteiger partial charge in [0.25, 0.3) is 0 Å². The first-order valence-corrected chi connectivity index (χ1v) is 6.40. The molecule has 2 heterocycles. The molecule has 0 saturated heterocycles. The largest absolute Gasteiger partial charge is 0.325 e.